The quantitative estimate of drug-likeness (QED) is 0.257. The standard InChI is InChI=1S/C19H15N5O4S/c1-28-17(26)10-16-18(27)21-19(29-16)24-20-11-12-9-14(7-8-15(12)25)23-22-13-5-3-2-4-6-13/h2-11,25H,1H3,(H,21,24,27)/b16-10+,20-11?,23-22?. The van der Waals surface area contributed by atoms with Crippen molar-refractivity contribution < 1.29 is 19.4 Å². The molecule has 2 aromatic rings. The molecule has 0 aliphatic carbocycles. The third-order valence-corrected chi connectivity index (χ3v) is 4.39. The van der Waals surface area contributed by atoms with Gasteiger partial charge in [0.05, 0.1) is 29.6 Å². The van der Waals surface area contributed by atoms with Crippen molar-refractivity contribution in [1.82, 2.24) is 5.32 Å². The largest absolute Gasteiger partial charge is 0.507 e. The summed E-state index contributed by atoms with van der Waals surface area (Å²) in [6.45, 7) is 0. The lowest BCUT2D eigenvalue weighted by atomic mass is 10.2. The first-order chi connectivity index (χ1) is 14.0. The van der Waals surface area contributed by atoms with Gasteiger partial charge in [0, 0.05) is 11.6 Å². The third kappa shape index (κ3) is 5.59. The number of carbonyl (C=O) groups is 2. The molecule has 146 valence electrons. The molecule has 29 heavy (non-hydrogen) atoms. The summed E-state index contributed by atoms with van der Waals surface area (Å²) >= 11 is 0.951. The Morgan fingerprint density at radius 3 is 2.66 bits per heavy atom. The summed E-state index contributed by atoms with van der Waals surface area (Å²) in [6.07, 6.45) is 2.39. The highest BCUT2D eigenvalue weighted by Gasteiger charge is 2.25. The summed E-state index contributed by atoms with van der Waals surface area (Å²) in [4.78, 5) is 23.1. The van der Waals surface area contributed by atoms with Crippen molar-refractivity contribution in [3.63, 3.8) is 0 Å². The Labute approximate surface area is 169 Å². The molecule has 0 unspecified atom stereocenters. The maximum atomic E-state index is 11.8. The zero-order valence-corrected chi connectivity index (χ0v) is 16.0. The lowest BCUT2D eigenvalue weighted by Gasteiger charge is -1.99. The van der Waals surface area contributed by atoms with Crippen LogP contribution in [-0.2, 0) is 14.3 Å². The van der Waals surface area contributed by atoms with E-state index in [-0.39, 0.29) is 15.8 Å². The second kappa shape index (κ2) is 9.42. The van der Waals surface area contributed by atoms with Gasteiger partial charge in [-0.2, -0.15) is 15.3 Å². The number of phenols is 1. The minimum Gasteiger partial charge on any atom is -0.507 e. The van der Waals surface area contributed by atoms with Crippen molar-refractivity contribution in [3.8, 4) is 5.75 Å². The highest BCUT2D eigenvalue weighted by molar-refractivity contribution is 8.18. The normalized spacial score (nSPS) is 16.8. The van der Waals surface area contributed by atoms with E-state index >= 15 is 0 Å². The predicted molar refractivity (Wildman–Crippen MR) is 110 cm³/mol. The van der Waals surface area contributed by atoms with Crippen LogP contribution >= 0.6 is 11.8 Å². The fourth-order valence-electron chi connectivity index (χ4n) is 2.10. The van der Waals surface area contributed by atoms with Gasteiger partial charge in [0.15, 0.2) is 5.17 Å². The van der Waals surface area contributed by atoms with Crippen molar-refractivity contribution in [2.75, 3.05) is 7.11 Å². The van der Waals surface area contributed by atoms with E-state index in [1.165, 1.54) is 19.4 Å². The summed E-state index contributed by atoms with van der Waals surface area (Å²) < 4.78 is 4.48. The molecule has 0 bridgehead atoms. The maximum absolute atomic E-state index is 11.8. The molecule has 1 aliphatic rings. The average molecular weight is 409 g/mol. The van der Waals surface area contributed by atoms with Gasteiger partial charge in [-0.05, 0) is 42.1 Å². The van der Waals surface area contributed by atoms with Gasteiger partial charge >= 0.3 is 5.97 Å². The number of methoxy groups -OCH3 is 1. The maximum Gasteiger partial charge on any atom is 0.331 e. The molecule has 0 saturated carbocycles. The molecule has 1 saturated heterocycles. The Bertz CT molecular complexity index is 1050. The van der Waals surface area contributed by atoms with Gasteiger partial charge in [0.25, 0.3) is 5.91 Å². The van der Waals surface area contributed by atoms with Crippen LogP contribution in [0.2, 0.25) is 0 Å². The van der Waals surface area contributed by atoms with Gasteiger partial charge in [0.2, 0.25) is 0 Å². The predicted octanol–water partition coefficient (Wildman–Crippen LogP) is 3.42. The van der Waals surface area contributed by atoms with E-state index in [4.69, 9.17) is 0 Å². The summed E-state index contributed by atoms with van der Waals surface area (Å²) in [5, 5.41) is 28.6. The number of nitrogens with zero attached hydrogens (tertiary/aromatic N) is 4. The number of carbonyl (C=O) groups excluding carboxylic acids is 2. The number of hydrogen-bond donors (Lipinski definition) is 2. The van der Waals surface area contributed by atoms with E-state index < -0.39 is 11.9 Å². The van der Waals surface area contributed by atoms with E-state index in [1.54, 1.807) is 12.1 Å². The van der Waals surface area contributed by atoms with Crippen molar-refractivity contribution in [2.24, 2.45) is 20.4 Å². The van der Waals surface area contributed by atoms with Crippen LogP contribution in [0.5, 0.6) is 5.75 Å². The fourth-order valence-corrected chi connectivity index (χ4v) is 2.84. The summed E-state index contributed by atoms with van der Waals surface area (Å²) in [5.41, 5.74) is 1.60. The van der Waals surface area contributed by atoms with Crippen molar-refractivity contribution in [1.29, 1.82) is 0 Å². The molecule has 3 rings (SSSR count). The monoisotopic (exact) mass is 409 g/mol. The van der Waals surface area contributed by atoms with Crippen LogP contribution in [0.4, 0.5) is 11.4 Å². The van der Waals surface area contributed by atoms with Crippen LogP contribution in [0, 0.1) is 0 Å². The molecular weight excluding hydrogens is 394 g/mol. The lowest BCUT2D eigenvalue weighted by molar-refractivity contribution is -0.135. The molecule has 1 fully saturated rings. The van der Waals surface area contributed by atoms with E-state index in [0.717, 1.165) is 17.8 Å². The van der Waals surface area contributed by atoms with Crippen LogP contribution in [0.15, 0.2) is 79.9 Å². The number of nitrogens with one attached hydrogen (secondary N) is 1. The molecule has 9 nitrogen and oxygen atoms in total. The van der Waals surface area contributed by atoms with Crippen LogP contribution in [0.25, 0.3) is 0 Å². The molecular formula is C19H15N5O4S. The molecule has 0 radical (unpaired) electrons. The number of hydrogen-bond acceptors (Lipinski definition) is 9. The first-order valence-electron chi connectivity index (χ1n) is 8.25. The molecule has 2 N–H and O–H groups in total. The Hall–Kier alpha value is -3.79. The number of thioether (sulfide) groups is 1. The first kappa shape index (κ1) is 20.0. The molecule has 2 aromatic carbocycles. The number of benzene rings is 2. The van der Waals surface area contributed by atoms with E-state index in [0.29, 0.717) is 16.9 Å². The average Bonchev–Trinajstić information content (AvgIpc) is 3.08. The third-order valence-electron chi connectivity index (χ3n) is 3.49. The number of ether oxygens (including phenoxy) is 1. The Kier molecular flexibility index (Phi) is 6.48. The number of rotatable bonds is 5. The van der Waals surface area contributed by atoms with E-state index in [9.17, 15) is 14.7 Å². The summed E-state index contributed by atoms with van der Waals surface area (Å²) in [7, 11) is 1.22. The highest BCUT2D eigenvalue weighted by Crippen LogP contribution is 2.25. The molecule has 0 spiro atoms. The molecule has 0 atom stereocenters. The van der Waals surface area contributed by atoms with Crippen LogP contribution < -0.4 is 5.32 Å². The smallest absolute Gasteiger partial charge is 0.331 e. The second-order valence-electron chi connectivity index (χ2n) is 5.52. The zero-order chi connectivity index (χ0) is 20.6. The number of azo groups is 1. The molecule has 1 aliphatic heterocycles. The van der Waals surface area contributed by atoms with Gasteiger partial charge in [-0.15, -0.1) is 5.10 Å². The molecule has 1 amide bonds. The van der Waals surface area contributed by atoms with Gasteiger partial charge in [-0.3, -0.25) is 10.1 Å². The van der Waals surface area contributed by atoms with Crippen LogP contribution in [-0.4, -0.2) is 35.5 Å². The fraction of sp³-hybridized carbons (Fsp3) is 0.0526. The Balaban J connectivity index is 1.71. The zero-order valence-electron chi connectivity index (χ0n) is 15.1. The van der Waals surface area contributed by atoms with Crippen molar-refractivity contribution >= 4 is 46.4 Å². The number of aromatic hydroxyl groups is 1. The van der Waals surface area contributed by atoms with Gasteiger partial charge < -0.3 is 9.84 Å². The Morgan fingerprint density at radius 1 is 1.14 bits per heavy atom. The van der Waals surface area contributed by atoms with Crippen LogP contribution in [0.3, 0.4) is 0 Å². The first-order valence-corrected chi connectivity index (χ1v) is 9.06. The minimum absolute atomic E-state index is 0.0120. The topological polar surface area (TPSA) is 125 Å². The number of esters is 1. The second-order valence-corrected chi connectivity index (χ2v) is 6.55. The highest BCUT2D eigenvalue weighted by atomic mass is 32.2. The Morgan fingerprint density at radius 2 is 1.90 bits per heavy atom. The number of amides is 1. The van der Waals surface area contributed by atoms with E-state index in [1.807, 2.05) is 30.3 Å². The van der Waals surface area contributed by atoms with Gasteiger partial charge in [-0.25, -0.2) is 4.79 Å². The number of phenolic OH excluding ortho intramolecular Hbond substituents is 1. The molecule has 0 aromatic heterocycles. The van der Waals surface area contributed by atoms with E-state index in [2.05, 4.69) is 30.5 Å². The van der Waals surface area contributed by atoms with Gasteiger partial charge in [0.1, 0.15) is 5.75 Å². The molecule has 1 heterocycles. The number of amidine groups is 1. The van der Waals surface area contributed by atoms with Crippen LogP contribution in [0.1, 0.15) is 5.56 Å². The minimum atomic E-state index is -0.640. The van der Waals surface area contributed by atoms with Gasteiger partial charge in [-0.1, -0.05) is 18.2 Å². The molecule has 10 heteroatoms. The summed E-state index contributed by atoms with van der Waals surface area (Å²) in [5.74, 6) is -1.12. The van der Waals surface area contributed by atoms with Crippen molar-refractivity contribution in [2.45, 2.75) is 0 Å². The SMILES string of the molecule is COC(=O)/C=C1/S/C(=N\N=Cc2cc(N=Nc3ccccc3)ccc2O)NC1=O. The summed E-state index contributed by atoms with van der Waals surface area (Å²) in [6, 6.07) is 13.9. The van der Waals surface area contributed by atoms with Crippen molar-refractivity contribution in [3.05, 3.63) is 65.1 Å². The lowest BCUT2D eigenvalue weighted by Crippen LogP contribution is -2.19.